The van der Waals surface area contributed by atoms with Crippen LogP contribution in [0.25, 0.3) is 11.4 Å². The molecule has 2 aromatic carbocycles. The fourth-order valence-electron chi connectivity index (χ4n) is 6.48. The molecule has 0 spiro atoms. The summed E-state index contributed by atoms with van der Waals surface area (Å²) >= 11 is 0. The molecular weight excluding hydrogens is 723 g/mol. The van der Waals surface area contributed by atoms with Crippen LogP contribution in [0.2, 0.25) is 0 Å². The molecule has 0 aliphatic heterocycles. The van der Waals surface area contributed by atoms with Crippen molar-refractivity contribution < 1.29 is 19.1 Å². The van der Waals surface area contributed by atoms with Crippen molar-refractivity contribution in [1.29, 1.82) is 0 Å². The summed E-state index contributed by atoms with van der Waals surface area (Å²) in [6.45, 7) is 24.5. The van der Waals surface area contributed by atoms with Crippen LogP contribution in [0.15, 0.2) is 145 Å². The van der Waals surface area contributed by atoms with Crippen LogP contribution in [-0.2, 0) is 9.59 Å². The Kier molecular flexibility index (Phi) is 12.4. The molecule has 0 atom stereocenters. The topological polar surface area (TPSA) is 115 Å². The Morgan fingerprint density at radius 2 is 0.759 bits per heavy atom. The molecule has 9 nitrogen and oxygen atoms in total. The predicted molar refractivity (Wildman–Crippen MR) is 233 cm³/mol. The van der Waals surface area contributed by atoms with Crippen molar-refractivity contribution in [3.05, 3.63) is 136 Å². The Hall–Kier alpha value is -5.83. The Labute approximate surface area is 344 Å². The number of Topliss-reactive ketones (excluding diaryl/α,β-unsaturated/α-hetero) is 2. The Morgan fingerprint density at radius 3 is 1.02 bits per heavy atom. The SMILES string of the molecule is COc1ccc(/N=N/C(=C2C=C(C(C)(C)C)C(=O)C(C(C)(C)C)=C2)c2cccc(C(/N=N/c3ccc(OC)cc3)=C3C=C(C(C)(C)C)C(=O)C(C(C)(C)C)=C3)n2)cc1. The van der Waals surface area contributed by atoms with Crippen LogP contribution in [0.3, 0.4) is 0 Å². The van der Waals surface area contributed by atoms with Gasteiger partial charge in [-0.1, -0.05) is 89.2 Å². The van der Waals surface area contributed by atoms with Crippen molar-refractivity contribution in [2.75, 3.05) is 14.2 Å². The number of nitrogens with zero attached hydrogens (tertiary/aromatic N) is 5. The number of rotatable bonds is 8. The molecule has 2 aliphatic rings. The van der Waals surface area contributed by atoms with E-state index in [0.717, 1.165) is 0 Å². The molecule has 0 unspecified atom stereocenters. The summed E-state index contributed by atoms with van der Waals surface area (Å²) in [5.74, 6) is 1.43. The third kappa shape index (κ3) is 9.99. The molecule has 5 rings (SSSR count). The van der Waals surface area contributed by atoms with Crippen molar-refractivity contribution in [3.8, 4) is 11.5 Å². The maximum atomic E-state index is 14.0. The summed E-state index contributed by atoms with van der Waals surface area (Å²) in [7, 11) is 3.23. The number of hydrogen-bond acceptors (Lipinski definition) is 9. The predicted octanol–water partition coefficient (Wildman–Crippen LogP) is 13.1. The zero-order chi connectivity index (χ0) is 42.8. The third-order valence-electron chi connectivity index (χ3n) is 9.87. The number of hydrogen-bond donors (Lipinski definition) is 0. The molecule has 0 amide bonds. The standard InChI is InChI=1S/C49H57N5O4/c1-46(2,3)36-26-30(27-37(44(36)55)47(4,5)6)42(53-51-32-18-22-34(57-13)23-19-32)40-16-15-17-41(50-40)43(54-52-33-20-24-35(58-14)25-21-33)31-28-38(48(7,8)9)45(56)39(29-31)49(10,11)12/h15-29H,1-14H3/b53-51+,54-52+. The number of carbonyl (C=O) groups excluding carboxylic acids is 2. The highest BCUT2D eigenvalue weighted by Gasteiger charge is 2.36. The maximum Gasteiger partial charge on any atom is 0.186 e. The van der Waals surface area contributed by atoms with Gasteiger partial charge in [0.1, 0.15) is 22.9 Å². The second-order valence-corrected chi connectivity index (χ2v) is 18.7. The molecule has 0 N–H and O–H groups in total. The van der Waals surface area contributed by atoms with E-state index in [1.54, 1.807) is 14.2 Å². The van der Waals surface area contributed by atoms with E-state index in [2.05, 4.69) is 10.2 Å². The second kappa shape index (κ2) is 16.6. The van der Waals surface area contributed by atoms with E-state index in [0.29, 0.717) is 79.1 Å². The van der Waals surface area contributed by atoms with Gasteiger partial charge in [-0.25, -0.2) is 4.98 Å². The minimum Gasteiger partial charge on any atom is -0.497 e. The van der Waals surface area contributed by atoms with E-state index >= 15 is 0 Å². The molecule has 0 radical (unpaired) electrons. The summed E-state index contributed by atoms with van der Waals surface area (Å²) in [5.41, 5.74) is 5.50. The first-order valence-corrected chi connectivity index (χ1v) is 19.6. The van der Waals surface area contributed by atoms with Crippen molar-refractivity contribution in [2.24, 2.45) is 42.1 Å². The van der Waals surface area contributed by atoms with Crippen LogP contribution in [0.1, 0.15) is 94.5 Å². The molecule has 2 aliphatic carbocycles. The molecule has 0 fully saturated rings. The van der Waals surface area contributed by atoms with Gasteiger partial charge in [0, 0.05) is 33.4 Å². The third-order valence-corrected chi connectivity index (χ3v) is 9.87. The van der Waals surface area contributed by atoms with E-state index in [-0.39, 0.29) is 11.6 Å². The largest absolute Gasteiger partial charge is 0.497 e. The van der Waals surface area contributed by atoms with Gasteiger partial charge in [-0.05, 0) is 107 Å². The molecule has 1 aromatic heterocycles. The fraction of sp³-hybridized carbons (Fsp3) is 0.367. The van der Waals surface area contributed by atoms with Crippen LogP contribution in [0.5, 0.6) is 11.5 Å². The van der Waals surface area contributed by atoms with Crippen molar-refractivity contribution in [3.63, 3.8) is 0 Å². The number of allylic oxidation sites excluding steroid dienone is 10. The highest BCUT2D eigenvalue weighted by atomic mass is 16.5. The molecule has 3 aromatic rings. The molecule has 0 saturated carbocycles. The van der Waals surface area contributed by atoms with Gasteiger partial charge < -0.3 is 9.47 Å². The minimum atomic E-state index is -0.452. The molecular formula is C49H57N5O4. The van der Waals surface area contributed by atoms with Gasteiger partial charge in [0.05, 0.1) is 37.0 Å². The lowest BCUT2D eigenvalue weighted by molar-refractivity contribution is -0.114. The van der Waals surface area contributed by atoms with E-state index in [1.165, 1.54) is 0 Å². The summed E-state index contributed by atoms with van der Waals surface area (Å²) in [6, 6.07) is 20.3. The molecule has 0 saturated heterocycles. The Morgan fingerprint density at radius 1 is 0.466 bits per heavy atom. The Balaban J connectivity index is 1.85. The number of benzene rings is 2. The minimum absolute atomic E-state index is 0.0117. The highest BCUT2D eigenvalue weighted by Crippen LogP contribution is 2.43. The number of pyridine rings is 1. The van der Waals surface area contributed by atoms with Gasteiger partial charge in [0.15, 0.2) is 11.6 Å². The van der Waals surface area contributed by atoms with Gasteiger partial charge in [-0.3, -0.25) is 9.59 Å². The number of carbonyl (C=O) groups is 2. The molecule has 58 heavy (non-hydrogen) atoms. The quantitative estimate of drug-likeness (QED) is 0.211. The first kappa shape index (κ1) is 43.3. The normalized spacial score (nSPS) is 15.7. The van der Waals surface area contributed by atoms with E-state index < -0.39 is 21.7 Å². The summed E-state index contributed by atoms with van der Waals surface area (Å²) in [5, 5.41) is 19.1. The number of methoxy groups -OCH3 is 2. The van der Waals surface area contributed by atoms with Gasteiger partial charge in [-0.2, -0.15) is 10.2 Å². The van der Waals surface area contributed by atoms with E-state index in [1.807, 2.05) is 174 Å². The lowest BCUT2D eigenvalue weighted by atomic mass is 9.71. The maximum absolute atomic E-state index is 14.0. The average molecular weight is 780 g/mol. The van der Waals surface area contributed by atoms with Gasteiger partial charge in [0.2, 0.25) is 0 Å². The number of ether oxygens (including phenoxy) is 2. The summed E-state index contributed by atoms with van der Waals surface area (Å²) < 4.78 is 10.7. The number of aromatic nitrogens is 1. The second-order valence-electron chi connectivity index (χ2n) is 18.7. The van der Waals surface area contributed by atoms with E-state index in [9.17, 15) is 9.59 Å². The van der Waals surface area contributed by atoms with Gasteiger partial charge >= 0.3 is 0 Å². The van der Waals surface area contributed by atoms with Crippen LogP contribution in [0, 0.1) is 21.7 Å². The van der Waals surface area contributed by atoms with Crippen LogP contribution < -0.4 is 9.47 Å². The van der Waals surface area contributed by atoms with Crippen LogP contribution in [-0.4, -0.2) is 30.8 Å². The summed E-state index contributed by atoms with van der Waals surface area (Å²) in [4.78, 5) is 33.3. The summed E-state index contributed by atoms with van der Waals surface area (Å²) in [6.07, 6.45) is 7.67. The molecule has 9 heteroatoms. The lowest BCUT2D eigenvalue weighted by Crippen LogP contribution is -2.28. The van der Waals surface area contributed by atoms with Crippen molar-refractivity contribution in [2.45, 2.75) is 83.1 Å². The average Bonchev–Trinajstić information content (AvgIpc) is 3.14. The van der Waals surface area contributed by atoms with Crippen LogP contribution >= 0.6 is 0 Å². The first-order valence-electron chi connectivity index (χ1n) is 19.6. The van der Waals surface area contributed by atoms with Crippen molar-refractivity contribution >= 4 is 34.3 Å². The molecule has 302 valence electrons. The van der Waals surface area contributed by atoms with E-state index in [4.69, 9.17) is 24.7 Å². The van der Waals surface area contributed by atoms with Gasteiger partial charge in [-0.15, -0.1) is 10.2 Å². The number of azo groups is 2. The van der Waals surface area contributed by atoms with Gasteiger partial charge in [0.25, 0.3) is 0 Å². The highest BCUT2D eigenvalue weighted by molar-refractivity contribution is 6.13. The lowest BCUT2D eigenvalue weighted by Gasteiger charge is -2.31. The first-order chi connectivity index (χ1) is 27.0. The smallest absolute Gasteiger partial charge is 0.186 e. The molecule has 0 bridgehead atoms. The zero-order valence-corrected chi connectivity index (χ0v) is 36.5. The number of ketones is 2. The van der Waals surface area contributed by atoms with Crippen LogP contribution in [0.4, 0.5) is 11.4 Å². The molecule has 1 heterocycles. The Bertz CT molecular complexity index is 2100. The fourth-order valence-corrected chi connectivity index (χ4v) is 6.48. The monoisotopic (exact) mass is 779 g/mol. The zero-order valence-electron chi connectivity index (χ0n) is 36.5. The van der Waals surface area contributed by atoms with Crippen molar-refractivity contribution in [1.82, 2.24) is 4.98 Å².